The zero-order valence-corrected chi connectivity index (χ0v) is 10.5. The lowest BCUT2D eigenvalue weighted by Crippen LogP contribution is -2.46. The minimum absolute atomic E-state index is 0. The van der Waals surface area contributed by atoms with E-state index in [0.29, 0.717) is 18.3 Å². The fourth-order valence-electron chi connectivity index (χ4n) is 1.77. The van der Waals surface area contributed by atoms with Gasteiger partial charge in [-0.1, -0.05) is 11.6 Å². The first-order valence-electron chi connectivity index (χ1n) is 5.56. The first kappa shape index (κ1) is 13.9. The molecule has 1 amide bonds. The number of rotatable bonds is 3. The van der Waals surface area contributed by atoms with Gasteiger partial charge in [-0.2, -0.15) is 4.98 Å². The molecule has 1 aliphatic rings. The second-order valence-electron chi connectivity index (χ2n) is 3.96. The SMILES string of the molecule is Cc1noc(CNC(=O)[C@@H]2CCCCN2)n1.Cl. The quantitative estimate of drug-likeness (QED) is 0.830. The predicted molar refractivity (Wildman–Crippen MR) is 63.8 cm³/mol. The molecule has 6 nitrogen and oxygen atoms in total. The number of carbonyl (C=O) groups excluding carboxylic acids is 1. The number of aryl methyl sites for hydroxylation is 1. The van der Waals surface area contributed by atoms with Crippen LogP contribution in [0, 0.1) is 6.92 Å². The molecular weight excluding hydrogens is 244 g/mol. The molecule has 1 aliphatic heterocycles. The van der Waals surface area contributed by atoms with Crippen LogP contribution in [-0.2, 0) is 11.3 Å². The van der Waals surface area contributed by atoms with Crippen LogP contribution in [0.2, 0.25) is 0 Å². The summed E-state index contributed by atoms with van der Waals surface area (Å²) in [6.07, 6.45) is 3.14. The molecule has 0 spiro atoms. The van der Waals surface area contributed by atoms with Crippen LogP contribution < -0.4 is 10.6 Å². The second-order valence-corrected chi connectivity index (χ2v) is 3.96. The molecular formula is C10H17ClN4O2. The fourth-order valence-corrected chi connectivity index (χ4v) is 1.77. The number of hydrogen-bond donors (Lipinski definition) is 2. The third kappa shape index (κ3) is 3.98. The summed E-state index contributed by atoms with van der Waals surface area (Å²) in [7, 11) is 0. The second kappa shape index (κ2) is 6.56. The van der Waals surface area contributed by atoms with E-state index < -0.39 is 0 Å². The molecule has 1 saturated heterocycles. The van der Waals surface area contributed by atoms with E-state index in [1.807, 2.05) is 0 Å². The van der Waals surface area contributed by atoms with Gasteiger partial charge in [0.15, 0.2) is 5.82 Å². The molecule has 0 aliphatic carbocycles. The number of halogens is 1. The highest BCUT2D eigenvalue weighted by atomic mass is 35.5. The molecule has 1 fully saturated rings. The number of aromatic nitrogens is 2. The van der Waals surface area contributed by atoms with Gasteiger partial charge in [0.25, 0.3) is 0 Å². The van der Waals surface area contributed by atoms with Gasteiger partial charge in [-0.05, 0) is 26.3 Å². The van der Waals surface area contributed by atoms with Gasteiger partial charge in [-0.25, -0.2) is 0 Å². The molecule has 1 atom stereocenters. The van der Waals surface area contributed by atoms with Crippen molar-refractivity contribution in [1.82, 2.24) is 20.8 Å². The van der Waals surface area contributed by atoms with Crippen molar-refractivity contribution in [1.29, 1.82) is 0 Å². The molecule has 96 valence electrons. The Morgan fingerprint density at radius 2 is 2.41 bits per heavy atom. The Morgan fingerprint density at radius 3 is 3.00 bits per heavy atom. The zero-order valence-electron chi connectivity index (χ0n) is 9.73. The topological polar surface area (TPSA) is 80.0 Å². The summed E-state index contributed by atoms with van der Waals surface area (Å²) < 4.78 is 4.91. The van der Waals surface area contributed by atoms with Crippen molar-refractivity contribution < 1.29 is 9.32 Å². The van der Waals surface area contributed by atoms with E-state index >= 15 is 0 Å². The Kier molecular flexibility index (Phi) is 5.37. The number of carbonyl (C=O) groups is 1. The third-order valence-corrected chi connectivity index (χ3v) is 2.61. The lowest BCUT2D eigenvalue weighted by atomic mass is 10.0. The summed E-state index contributed by atoms with van der Waals surface area (Å²) in [5.41, 5.74) is 0. The number of nitrogens with one attached hydrogen (secondary N) is 2. The number of piperidine rings is 1. The van der Waals surface area contributed by atoms with Gasteiger partial charge in [-0.15, -0.1) is 12.4 Å². The lowest BCUT2D eigenvalue weighted by molar-refractivity contribution is -0.123. The van der Waals surface area contributed by atoms with Crippen molar-refractivity contribution >= 4 is 18.3 Å². The van der Waals surface area contributed by atoms with Crippen LogP contribution in [0.15, 0.2) is 4.52 Å². The number of hydrogen-bond acceptors (Lipinski definition) is 5. The molecule has 1 aromatic heterocycles. The first-order chi connectivity index (χ1) is 7.75. The van der Waals surface area contributed by atoms with E-state index in [1.165, 1.54) is 0 Å². The summed E-state index contributed by atoms with van der Waals surface area (Å²) in [6, 6.07) is -0.0715. The van der Waals surface area contributed by atoms with Crippen molar-refractivity contribution in [3.05, 3.63) is 11.7 Å². The summed E-state index contributed by atoms with van der Waals surface area (Å²) in [6.45, 7) is 2.97. The van der Waals surface area contributed by atoms with Crippen molar-refractivity contribution in [2.24, 2.45) is 0 Å². The highest BCUT2D eigenvalue weighted by Crippen LogP contribution is 2.07. The predicted octanol–water partition coefficient (Wildman–Crippen LogP) is 0.558. The van der Waals surface area contributed by atoms with Crippen LogP contribution in [0.4, 0.5) is 0 Å². The molecule has 2 rings (SSSR count). The summed E-state index contributed by atoms with van der Waals surface area (Å²) in [5.74, 6) is 1.04. The fraction of sp³-hybridized carbons (Fsp3) is 0.700. The maximum absolute atomic E-state index is 11.7. The summed E-state index contributed by atoms with van der Waals surface area (Å²) in [4.78, 5) is 15.7. The third-order valence-electron chi connectivity index (χ3n) is 2.61. The van der Waals surface area contributed by atoms with Crippen molar-refractivity contribution in [3.8, 4) is 0 Å². The van der Waals surface area contributed by atoms with Gasteiger partial charge in [0, 0.05) is 0 Å². The zero-order chi connectivity index (χ0) is 11.4. The Hall–Kier alpha value is -1.14. The minimum Gasteiger partial charge on any atom is -0.346 e. The molecule has 0 aromatic carbocycles. The van der Waals surface area contributed by atoms with Crippen LogP contribution in [-0.4, -0.2) is 28.6 Å². The van der Waals surface area contributed by atoms with Crippen molar-refractivity contribution in [3.63, 3.8) is 0 Å². The Labute approximate surface area is 106 Å². The van der Waals surface area contributed by atoms with Gasteiger partial charge in [0.1, 0.15) is 0 Å². The molecule has 0 saturated carbocycles. The van der Waals surface area contributed by atoms with Gasteiger partial charge < -0.3 is 15.2 Å². The van der Waals surface area contributed by atoms with E-state index in [2.05, 4.69) is 20.8 Å². The summed E-state index contributed by atoms with van der Waals surface area (Å²) >= 11 is 0. The Morgan fingerprint density at radius 1 is 1.59 bits per heavy atom. The number of amides is 1. The maximum atomic E-state index is 11.7. The average Bonchev–Trinajstić information content (AvgIpc) is 2.73. The molecule has 17 heavy (non-hydrogen) atoms. The largest absolute Gasteiger partial charge is 0.346 e. The molecule has 2 heterocycles. The van der Waals surface area contributed by atoms with Gasteiger partial charge >= 0.3 is 0 Å². The van der Waals surface area contributed by atoms with E-state index in [9.17, 15) is 4.79 Å². The van der Waals surface area contributed by atoms with Crippen LogP contribution in [0.5, 0.6) is 0 Å². The monoisotopic (exact) mass is 260 g/mol. The Bertz CT molecular complexity index is 363. The van der Waals surface area contributed by atoms with Gasteiger partial charge in [0.05, 0.1) is 12.6 Å². The molecule has 1 aromatic rings. The lowest BCUT2D eigenvalue weighted by Gasteiger charge is -2.22. The minimum atomic E-state index is -0.0715. The maximum Gasteiger partial charge on any atom is 0.246 e. The van der Waals surface area contributed by atoms with E-state index in [0.717, 1.165) is 25.8 Å². The van der Waals surface area contributed by atoms with Crippen molar-refractivity contribution in [2.45, 2.75) is 38.8 Å². The highest BCUT2D eigenvalue weighted by molar-refractivity contribution is 5.85. The molecule has 7 heteroatoms. The molecule has 0 radical (unpaired) electrons. The Balaban J connectivity index is 0.00000144. The van der Waals surface area contributed by atoms with Crippen LogP contribution in [0.3, 0.4) is 0 Å². The van der Waals surface area contributed by atoms with Crippen molar-refractivity contribution in [2.75, 3.05) is 6.54 Å². The van der Waals surface area contributed by atoms with Crippen LogP contribution in [0.1, 0.15) is 31.0 Å². The summed E-state index contributed by atoms with van der Waals surface area (Å²) in [5, 5.41) is 9.62. The van der Waals surface area contributed by atoms with Gasteiger partial charge in [-0.3, -0.25) is 4.79 Å². The van der Waals surface area contributed by atoms with E-state index in [4.69, 9.17) is 4.52 Å². The van der Waals surface area contributed by atoms with Crippen LogP contribution >= 0.6 is 12.4 Å². The normalized spacial score (nSPS) is 19.5. The van der Waals surface area contributed by atoms with E-state index in [1.54, 1.807) is 6.92 Å². The molecule has 0 unspecified atom stereocenters. The molecule has 0 bridgehead atoms. The van der Waals surface area contributed by atoms with Gasteiger partial charge in [0.2, 0.25) is 11.8 Å². The standard InChI is InChI=1S/C10H16N4O2.ClH/c1-7-13-9(16-14-7)6-12-10(15)8-4-2-3-5-11-8;/h8,11H,2-6H2,1H3,(H,12,15);1H/t8-;/m0./s1. The van der Waals surface area contributed by atoms with Crippen LogP contribution in [0.25, 0.3) is 0 Å². The number of nitrogens with zero attached hydrogens (tertiary/aromatic N) is 2. The van der Waals surface area contributed by atoms with E-state index in [-0.39, 0.29) is 24.4 Å². The first-order valence-corrected chi connectivity index (χ1v) is 5.56. The highest BCUT2D eigenvalue weighted by Gasteiger charge is 2.20. The smallest absolute Gasteiger partial charge is 0.246 e. The molecule has 2 N–H and O–H groups in total. The average molecular weight is 261 g/mol.